The highest BCUT2D eigenvalue weighted by Gasteiger charge is 2.14. The summed E-state index contributed by atoms with van der Waals surface area (Å²) in [5.41, 5.74) is 0. The highest BCUT2D eigenvalue weighted by molar-refractivity contribution is 14.1. The van der Waals surface area contributed by atoms with Crippen molar-refractivity contribution in [1.82, 2.24) is 5.32 Å². The number of nitrogens with one attached hydrogen (secondary N) is 1. The first-order valence-electron chi connectivity index (χ1n) is 3.04. The second-order valence-electron chi connectivity index (χ2n) is 1.93. The van der Waals surface area contributed by atoms with Crippen LogP contribution in [0.15, 0.2) is 0 Å². The van der Waals surface area contributed by atoms with Gasteiger partial charge in [0.2, 0.25) is 5.91 Å². The van der Waals surface area contributed by atoms with Crippen LogP contribution in [0.4, 0.5) is 0 Å². The van der Waals surface area contributed by atoms with E-state index < -0.39 is 0 Å². The van der Waals surface area contributed by atoms with Gasteiger partial charge in [0.05, 0.1) is 7.11 Å². The minimum Gasteiger partial charge on any atom is -0.468 e. The summed E-state index contributed by atoms with van der Waals surface area (Å²) in [6.07, 6.45) is 0. The lowest BCUT2D eigenvalue weighted by Crippen LogP contribution is -2.32. The van der Waals surface area contributed by atoms with Crippen molar-refractivity contribution >= 4 is 34.5 Å². The standard InChI is InChI=1S/C6H10INO3/c1-4(9)8-3-5(7)6(10)11-2/h5H,3H2,1-2H3,(H,8,9). The number of carbonyl (C=O) groups excluding carboxylic acids is 2. The third-order valence-corrected chi connectivity index (χ3v) is 1.94. The molecule has 5 heteroatoms. The predicted molar refractivity (Wildman–Crippen MR) is 48.5 cm³/mol. The molecule has 0 saturated carbocycles. The summed E-state index contributed by atoms with van der Waals surface area (Å²) < 4.78 is 4.14. The van der Waals surface area contributed by atoms with Crippen LogP contribution in [0.3, 0.4) is 0 Å². The number of alkyl halides is 1. The largest absolute Gasteiger partial charge is 0.468 e. The molecule has 1 unspecified atom stereocenters. The Morgan fingerprint density at radius 2 is 2.18 bits per heavy atom. The summed E-state index contributed by atoms with van der Waals surface area (Å²) in [5.74, 6) is -0.463. The quantitative estimate of drug-likeness (QED) is 0.450. The van der Waals surface area contributed by atoms with Crippen LogP contribution >= 0.6 is 22.6 Å². The molecule has 0 heterocycles. The number of ether oxygens (including phenoxy) is 1. The van der Waals surface area contributed by atoms with E-state index >= 15 is 0 Å². The van der Waals surface area contributed by atoms with Gasteiger partial charge < -0.3 is 10.1 Å². The van der Waals surface area contributed by atoms with E-state index in [1.165, 1.54) is 14.0 Å². The molecule has 0 aromatic heterocycles. The lowest BCUT2D eigenvalue weighted by molar-refractivity contribution is -0.139. The summed E-state index contributed by atoms with van der Waals surface area (Å²) in [6.45, 7) is 1.73. The smallest absolute Gasteiger partial charge is 0.320 e. The maximum absolute atomic E-state index is 10.7. The van der Waals surface area contributed by atoms with Crippen LogP contribution in [0, 0.1) is 0 Å². The van der Waals surface area contributed by atoms with Gasteiger partial charge in [-0.2, -0.15) is 0 Å². The van der Waals surface area contributed by atoms with Gasteiger partial charge >= 0.3 is 5.97 Å². The molecule has 0 aromatic rings. The molecule has 0 bridgehead atoms. The summed E-state index contributed by atoms with van der Waals surface area (Å²) in [5, 5.41) is 2.51. The summed E-state index contributed by atoms with van der Waals surface area (Å²) in [6, 6.07) is 0. The van der Waals surface area contributed by atoms with Crippen molar-refractivity contribution < 1.29 is 14.3 Å². The lowest BCUT2D eigenvalue weighted by Gasteiger charge is -2.06. The first kappa shape index (κ1) is 10.7. The minimum absolute atomic E-state index is 0.143. The van der Waals surface area contributed by atoms with Gasteiger partial charge in [-0.25, -0.2) is 0 Å². The fourth-order valence-electron chi connectivity index (χ4n) is 0.445. The van der Waals surface area contributed by atoms with Crippen molar-refractivity contribution in [1.29, 1.82) is 0 Å². The zero-order valence-electron chi connectivity index (χ0n) is 6.39. The van der Waals surface area contributed by atoms with Crippen molar-refractivity contribution in [3.63, 3.8) is 0 Å². The second kappa shape index (κ2) is 5.34. The van der Waals surface area contributed by atoms with Crippen LogP contribution in [0.2, 0.25) is 0 Å². The summed E-state index contributed by atoms with van der Waals surface area (Å²) in [4.78, 5) is 21.1. The van der Waals surface area contributed by atoms with Gasteiger partial charge in [-0.15, -0.1) is 0 Å². The van der Waals surface area contributed by atoms with Crippen LogP contribution < -0.4 is 5.32 Å². The molecule has 0 fully saturated rings. The first-order chi connectivity index (χ1) is 5.07. The molecule has 0 spiro atoms. The van der Waals surface area contributed by atoms with Gasteiger partial charge in [0.1, 0.15) is 3.92 Å². The molecule has 0 rings (SSSR count). The Labute approximate surface area is 78.8 Å². The predicted octanol–water partition coefficient (Wildman–Crippen LogP) is 0.0991. The SMILES string of the molecule is COC(=O)C(I)CNC(C)=O. The molecule has 0 aliphatic carbocycles. The van der Waals surface area contributed by atoms with Crippen molar-refractivity contribution in [3.05, 3.63) is 0 Å². The number of hydrogen-bond donors (Lipinski definition) is 1. The Morgan fingerprint density at radius 1 is 1.64 bits per heavy atom. The molecule has 0 aromatic carbocycles. The second-order valence-corrected chi connectivity index (χ2v) is 3.43. The molecule has 1 N–H and O–H groups in total. The number of rotatable bonds is 3. The highest BCUT2D eigenvalue weighted by atomic mass is 127. The number of amides is 1. The van der Waals surface area contributed by atoms with Crippen LogP contribution in [0.5, 0.6) is 0 Å². The van der Waals surface area contributed by atoms with E-state index in [0.29, 0.717) is 6.54 Å². The van der Waals surface area contributed by atoms with Gasteiger partial charge in [0, 0.05) is 13.5 Å². The normalized spacial score (nSPS) is 11.9. The molecule has 1 amide bonds. The Kier molecular flexibility index (Phi) is 5.18. The van der Waals surface area contributed by atoms with E-state index in [0.717, 1.165) is 0 Å². The molecule has 0 aliphatic rings. The molecule has 1 atom stereocenters. The molecule has 0 saturated heterocycles. The van der Waals surface area contributed by atoms with Gasteiger partial charge in [0.25, 0.3) is 0 Å². The fraction of sp³-hybridized carbons (Fsp3) is 0.667. The lowest BCUT2D eigenvalue weighted by atomic mass is 10.4. The van der Waals surface area contributed by atoms with Crippen molar-refractivity contribution in [2.24, 2.45) is 0 Å². The van der Waals surface area contributed by atoms with Gasteiger partial charge in [-0.3, -0.25) is 9.59 Å². The number of methoxy groups -OCH3 is 1. The average Bonchev–Trinajstić information content (AvgIpc) is 1.98. The molecular weight excluding hydrogens is 261 g/mol. The molecule has 64 valence electrons. The van der Waals surface area contributed by atoms with Crippen LogP contribution in [0.25, 0.3) is 0 Å². The summed E-state index contributed by atoms with van der Waals surface area (Å²) >= 11 is 1.91. The van der Waals surface area contributed by atoms with Crippen LogP contribution in [-0.2, 0) is 14.3 Å². The van der Waals surface area contributed by atoms with Crippen LogP contribution in [-0.4, -0.2) is 29.5 Å². The third-order valence-electron chi connectivity index (χ3n) is 0.987. The number of carbonyl (C=O) groups is 2. The van der Waals surface area contributed by atoms with E-state index in [9.17, 15) is 9.59 Å². The zero-order chi connectivity index (χ0) is 8.85. The fourth-order valence-corrected chi connectivity index (χ4v) is 0.919. The van der Waals surface area contributed by atoms with Gasteiger partial charge in [-0.1, -0.05) is 22.6 Å². The Morgan fingerprint density at radius 3 is 2.55 bits per heavy atom. The van der Waals surface area contributed by atoms with Crippen LogP contribution in [0.1, 0.15) is 6.92 Å². The molecular formula is C6H10INO3. The number of hydrogen-bond acceptors (Lipinski definition) is 3. The Hall–Kier alpha value is -0.330. The van der Waals surface area contributed by atoms with Crippen molar-refractivity contribution in [2.45, 2.75) is 10.8 Å². The highest BCUT2D eigenvalue weighted by Crippen LogP contribution is 2.00. The summed E-state index contributed by atoms with van der Waals surface area (Å²) in [7, 11) is 1.32. The van der Waals surface area contributed by atoms with Crippen molar-refractivity contribution in [3.8, 4) is 0 Å². The molecule has 0 radical (unpaired) electrons. The van der Waals surface area contributed by atoms with E-state index in [-0.39, 0.29) is 15.8 Å². The Bertz CT molecular complexity index is 160. The zero-order valence-corrected chi connectivity index (χ0v) is 8.54. The molecule has 4 nitrogen and oxygen atoms in total. The average molecular weight is 271 g/mol. The van der Waals surface area contributed by atoms with E-state index in [1.54, 1.807) is 0 Å². The van der Waals surface area contributed by atoms with E-state index in [1.807, 2.05) is 22.6 Å². The maximum atomic E-state index is 10.7. The molecule has 11 heavy (non-hydrogen) atoms. The maximum Gasteiger partial charge on any atom is 0.320 e. The third kappa shape index (κ3) is 5.00. The van der Waals surface area contributed by atoms with E-state index in [4.69, 9.17) is 0 Å². The minimum atomic E-state index is -0.320. The van der Waals surface area contributed by atoms with Gasteiger partial charge in [0.15, 0.2) is 0 Å². The first-order valence-corrected chi connectivity index (χ1v) is 4.28. The number of halogens is 1. The monoisotopic (exact) mass is 271 g/mol. The Balaban J connectivity index is 3.60. The van der Waals surface area contributed by atoms with Gasteiger partial charge in [-0.05, 0) is 0 Å². The van der Waals surface area contributed by atoms with Crippen molar-refractivity contribution in [2.75, 3.05) is 13.7 Å². The topological polar surface area (TPSA) is 55.4 Å². The molecule has 0 aliphatic heterocycles. The number of esters is 1. The van der Waals surface area contributed by atoms with E-state index in [2.05, 4.69) is 10.1 Å².